The van der Waals surface area contributed by atoms with Crippen molar-refractivity contribution in [3.63, 3.8) is 0 Å². The molecule has 2 heterocycles. The van der Waals surface area contributed by atoms with Crippen LogP contribution in [0, 0.1) is 32.1 Å². The number of rotatable bonds is 3. The molecule has 0 atom stereocenters. The number of aryl methyl sites for hydroxylation is 3. The molecule has 0 aliphatic heterocycles. The molecule has 7 nitrogen and oxygen atoms in total. The summed E-state index contributed by atoms with van der Waals surface area (Å²) in [6.45, 7) is 5.28. The first-order chi connectivity index (χ1) is 14.4. The molecule has 0 unspecified atom stereocenters. The summed E-state index contributed by atoms with van der Waals surface area (Å²) in [6, 6.07) is 16.9. The Morgan fingerprint density at radius 3 is 2.53 bits per heavy atom. The number of nitrogens with zero attached hydrogens (tertiary/aromatic N) is 3. The molecule has 0 bridgehead atoms. The van der Waals surface area contributed by atoms with Gasteiger partial charge in [0.15, 0.2) is 0 Å². The van der Waals surface area contributed by atoms with Crippen LogP contribution in [0.4, 0.5) is 5.69 Å². The number of nitrogens with one attached hydrogen (secondary N) is 2. The van der Waals surface area contributed by atoms with Crippen LogP contribution in [0.5, 0.6) is 0 Å². The Morgan fingerprint density at radius 1 is 1.10 bits per heavy atom. The molecule has 0 aliphatic rings. The Balaban J connectivity index is 1.84. The van der Waals surface area contributed by atoms with Gasteiger partial charge in [0, 0.05) is 11.3 Å². The van der Waals surface area contributed by atoms with Crippen molar-refractivity contribution in [2.24, 2.45) is 0 Å². The van der Waals surface area contributed by atoms with E-state index in [2.05, 4.69) is 21.5 Å². The Bertz CT molecular complexity index is 1390. The summed E-state index contributed by atoms with van der Waals surface area (Å²) in [6.07, 6.45) is 0. The number of aromatic amines is 1. The maximum absolute atomic E-state index is 13.2. The van der Waals surface area contributed by atoms with Crippen LogP contribution in [-0.2, 0) is 0 Å². The van der Waals surface area contributed by atoms with Crippen LogP contribution in [0.2, 0.25) is 0 Å². The lowest BCUT2D eigenvalue weighted by Crippen LogP contribution is -2.26. The monoisotopic (exact) mass is 397 g/mol. The minimum atomic E-state index is -0.583. The lowest BCUT2D eigenvalue weighted by atomic mass is 10.1. The molecular weight excluding hydrogens is 378 g/mol. The van der Waals surface area contributed by atoms with Crippen LogP contribution < -0.4 is 10.7 Å². The van der Waals surface area contributed by atoms with Crippen LogP contribution in [0.15, 0.2) is 53.3 Å². The highest BCUT2D eigenvalue weighted by atomic mass is 16.2. The third-order valence-electron chi connectivity index (χ3n) is 5.04. The van der Waals surface area contributed by atoms with Crippen molar-refractivity contribution in [1.29, 1.82) is 5.26 Å². The standard InChI is InChI=1S/C23H19N5O2/c1-13-8-7-11-18(17(13)12-24)26-23(30)19-14(2)27-28-20(16-9-5-4-6-10-16)15(3)25-22(28)21(19)29/h4-11,27H,1-3H3,(H,26,30). The SMILES string of the molecule is Cc1cccc(NC(=O)c2c(C)[nH]n3c(-c4ccccc4)c(C)nc3c2=O)c1C#N. The maximum Gasteiger partial charge on any atom is 0.261 e. The number of anilines is 1. The second-order valence-electron chi connectivity index (χ2n) is 7.08. The van der Waals surface area contributed by atoms with E-state index in [4.69, 9.17) is 0 Å². The van der Waals surface area contributed by atoms with E-state index in [0.29, 0.717) is 22.6 Å². The van der Waals surface area contributed by atoms with E-state index in [1.165, 1.54) is 0 Å². The number of hydrogen-bond donors (Lipinski definition) is 2. The molecule has 2 aromatic heterocycles. The average molecular weight is 397 g/mol. The number of carbonyl (C=O) groups excluding carboxylic acids is 1. The molecule has 0 radical (unpaired) electrons. The molecule has 1 amide bonds. The van der Waals surface area contributed by atoms with Gasteiger partial charge in [0.25, 0.3) is 5.91 Å². The smallest absolute Gasteiger partial charge is 0.261 e. The van der Waals surface area contributed by atoms with Gasteiger partial charge in [-0.25, -0.2) is 9.50 Å². The summed E-state index contributed by atoms with van der Waals surface area (Å²) < 4.78 is 1.62. The molecule has 0 spiro atoms. The molecule has 0 saturated heterocycles. The van der Waals surface area contributed by atoms with Crippen molar-refractivity contribution in [3.05, 3.63) is 86.8 Å². The number of imidazole rings is 1. The van der Waals surface area contributed by atoms with E-state index < -0.39 is 11.3 Å². The normalized spacial score (nSPS) is 10.7. The van der Waals surface area contributed by atoms with Crippen LogP contribution in [0.25, 0.3) is 16.9 Å². The summed E-state index contributed by atoms with van der Waals surface area (Å²) in [4.78, 5) is 30.5. The molecular formula is C23H19N5O2. The molecule has 0 aliphatic carbocycles. The topological polar surface area (TPSA) is 103 Å². The Hall–Kier alpha value is -4.18. The van der Waals surface area contributed by atoms with E-state index in [9.17, 15) is 14.9 Å². The summed E-state index contributed by atoms with van der Waals surface area (Å²) in [5, 5.41) is 15.2. The number of nitriles is 1. The number of fused-ring (bicyclic) bond motifs is 1. The molecule has 4 rings (SSSR count). The number of hydrogen-bond acceptors (Lipinski definition) is 4. The second-order valence-corrected chi connectivity index (χ2v) is 7.08. The number of aromatic nitrogens is 3. The first kappa shape index (κ1) is 19.2. The Kier molecular flexibility index (Phi) is 4.68. The number of H-pyrrole nitrogens is 1. The van der Waals surface area contributed by atoms with Gasteiger partial charge in [0.05, 0.1) is 22.6 Å². The third-order valence-corrected chi connectivity index (χ3v) is 5.04. The molecule has 0 fully saturated rings. The van der Waals surface area contributed by atoms with Crippen molar-refractivity contribution >= 4 is 17.2 Å². The molecule has 4 aromatic rings. The van der Waals surface area contributed by atoms with Crippen molar-refractivity contribution in [3.8, 4) is 17.3 Å². The summed E-state index contributed by atoms with van der Waals surface area (Å²) in [7, 11) is 0. The molecule has 30 heavy (non-hydrogen) atoms. The maximum atomic E-state index is 13.2. The minimum Gasteiger partial charge on any atom is -0.321 e. The molecule has 0 saturated carbocycles. The molecule has 7 heteroatoms. The predicted molar refractivity (Wildman–Crippen MR) is 115 cm³/mol. The largest absolute Gasteiger partial charge is 0.321 e. The summed E-state index contributed by atoms with van der Waals surface area (Å²) >= 11 is 0. The van der Waals surface area contributed by atoms with Crippen LogP contribution in [0.3, 0.4) is 0 Å². The number of benzene rings is 2. The van der Waals surface area contributed by atoms with Gasteiger partial charge in [0.1, 0.15) is 11.6 Å². The van der Waals surface area contributed by atoms with Crippen molar-refractivity contribution in [2.45, 2.75) is 20.8 Å². The highest BCUT2D eigenvalue weighted by Crippen LogP contribution is 2.24. The van der Waals surface area contributed by atoms with Gasteiger partial charge in [-0.2, -0.15) is 5.26 Å². The molecule has 2 aromatic carbocycles. The molecule has 148 valence electrons. The van der Waals surface area contributed by atoms with E-state index in [1.807, 2.05) is 37.3 Å². The van der Waals surface area contributed by atoms with Crippen molar-refractivity contribution in [1.82, 2.24) is 14.6 Å². The Morgan fingerprint density at radius 2 is 1.83 bits per heavy atom. The first-order valence-electron chi connectivity index (χ1n) is 9.40. The van der Waals surface area contributed by atoms with Gasteiger partial charge in [-0.1, -0.05) is 42.5 Å². The van der Waals surface area contributed by atoms with E-state index in [0.717, 1.165) is 16.8 Å². The van der Waals surface area contributed by atoms with Crippen LogP contribution in [-0.4, -0.2) is 20.5 Å². The van der Waals surface area contributed by atoms with Crippen LogP contribution >= 0.6 is 0 Å². The fourth-order valence-electron chi connectivity index (χ4n) is 3.61. The highest BCUT2D eigenvalue weighted by molar-refractivity contribution is 6.06. The fraction of sp³-hybridized carbons (Fsp3) is 0.130. The van der Waals surface area contributed by atoms with Gasteiger partial charge in [0.2, 0.25) is 11.1 Å². The molecule has 2 N–H and O–H groups in total. The average Bonchev–Trinajstić information content (AvgIpc) is 3.05. The first-order valence-corrected chi connectivity index (χ1v) is 9.40. The minimum absolute atomic E-state index is 0.0301. The van der Waals surface area contributed by atoms with E-state index >= 15 is 0 Å². The van der Waals surface area contributed by atoms with Crippen LogP contribution in [0.1, 0.15) is 32.9 Å². The predicted octanol–water partition coefficient (Wildman–Crippen LogP) is 3.74. The zero-order valence-electron chi connectivity index (χ0n) is 16.8. The van der Waals surface area contributed by atoms with Gasteiger partial charge in [-0.15, -0.1) is 0 Å². The summed E-state index contributed by atoms with van der Waals surface area (Å²) in [5.41, 5.74) is 3.88. The zero-order valence-corrected chi connectivity index (χ0v) is 16.8. The van der Waals surface area contributed by atoms with Crippen molar-refractivity contribution in [2.75, 3.05) is 5.32 Å². The lowest BCUT2D eigenvalue weighted by molar-refractivity contribution is 0.102. The van der Waals surface area contributed by atoms with E-state index in [-0.39, 0.29) is 11.2 Å². The fourth-order valence-corrected chi connectivity index (χ4v) is 3.61. The summed E-state index contributed by atoms with van der Waals surface area (Å²) in [5.74, 6) is -0.583. The third kappa shape index (κ3) is 3.05. The highest BCUT2D eigenvalue weighted by Gasteiger charge is 2.22. The van der Waals surface area contributed by atoms with E-state index in [1.54, 1.807) is 36.6 Å². The van der Waals surface area contributed by atoms with Gasteiger partial charge >= 0.3 is 0 Å². The Labute approximate surface area is 172 Å². The number of carbonyl (C=O) groups is 1. The number of amides is 1. The van der Waals surface area contributed by atoms with Gasteiger partial charge in [-0.05, 0) is 32.4 Å². The zero-order chi connectivity index (χ0) is 21.4. The quantitative estimate of drug-likeness (QED) is 0.550. The van der Waals surface area contributed by atoms with Gasteiger partial charge in [-0.3, -0.25) is 14.7 Å². The van der Waals surface area contributed by atoms with Gasteiger partial charge < -0.3 is 5.32 Å². The second kappa shape index (κ2) is 7.33. The van der Waals surface area contributed by atoms with Crippen molar-refractivity contribution < 1.29 is 4.79 Å². The lowest BCUT2D eigenvalue weighted by Gasteiger charge is -2.11.